The van der Waals surface area contributed by atoms with E-state index in [1.807, 2.05) is 17.9 Å². The summed E-state index contributed by atoms with van der Waals surface area (Å²) in [5.74, 6) is -1.79. The number of carbonyl (C=O) groups is 3. The van der Waals surface area contributed by atoms with Crippen molar-refractivity contribution in [3.05, 3.63) is 24.3 Å². The lowest BCUT2D eigenvalue weighted by Gasteiger charge is -2.37. The lowest BCUT2D eigenvalue weighted by atomic mass is 9.74. The average molecular weight is 491 g/mol. The molecule has 2 saturated heterocycles. The standard InChI is InChI=1S/C26H38N2O5S/c1-3-4-7-14-27-15-11-13-26-19(22(30)28(16-8-9-17-29)21(26)23(27)31)20-24(32)33-18-10-5-6-12-25(20,2)34-26/h6,11-13,19-21,29H,3-5,7-10,14-18H2,1-2H3/b12-6-/t19-,20+,21?,25-,26-/m0/s1. The van der Waals surface area contributed by atoms with Gasteiger partial charge in [0.15, 0.2) is 0 Å². The highest BCUT2D eigenvalue weighted by Gasteiger charge is 2.73. The topological polar surface area (TPSA) is 87.2 Å². The molecular formula is C26H38N2O5S. The summed E-state index contributed by atoms with van der Waals surface area (Å²) in [6.07, 6.45) is 14.1. The van der Waals surface area contributed by atoms with Crippen LogP contribution in [0.2, 0.25) is 0 Å². The van der Waals surface area contributed by atoms with Gasteiger partial charge in [0.1, 0.15) is 6.04 Å². The summed E-state index contributed by atoms with van der Waals surface area (Å²) < 4.78 is 4.20. The Hall–Kier alpha value is -1.80. The van der Waals surface area contributed by atoms with Crippen molar-refractivity contribution < 1.29 is 24.2 Å². The zero-order valence-corrected chi connectivity index (χ0v) is 21.2. The van der Waals surface area contributed by atoms with E-state index in [9.17, 15) is 19.5 Å². The first kappa shape index (κ1) is 25.3. The summed E-state index contributed by atoms with van der Waals surface area (Å²) in [5.41, 5.74) is 0. The molecule has 4 aliphatic rings. The van der Waals surface area contributed by atoms with Crippen LogP contribution < -0.4 is 0 Å². The monoisotopic (exact) mass is 490 g/mol. The van der Waals surface area contributed by atoms with Gasteiger partial charge in [0.2, 0.25) is 11.8 Å². The number of cyclic esters (lactones) is 1. The van der Waals surface area contributed by atoms with Crippen molar-refractivity contribution in [2.75, 3.05) is 32.8 Å². The number of thioether (sulfide) groups is 1. The van der Waals surface area contributed by atoms with Crippen molar-refractivity contribution in [3.8, 4) is 0 Å². The second-order valence-corrected chi connectivity index (χ2v) is 11.9. The highest BCUT2D eigenvalue weighted by atomic mass is 32.2. The fourth-order valence-corrected chi connectivity index (χ4v) is 8.22. The second kappa shape index (κ2) is 10.4. The number of unbranched alkanes of at least 4 members (excludes halogenated alkanes) is 3. The van der Waals surface area contributed by atoms with E-state index in [1.165, 1.54) is 0 Å². The summed E-state index contributed by atoms with van der Waals surface area (Å²) in [6, 6.07) is -0.650. The van der Waals surface area contributed by atoms with Gasteiger partial charge in [0.05, 0.1) is 23.2 Å². The number of rotatable bonds is 8. The summed E-state index contributed by atoms with van der Waals surface area (Å²) >= 11 is 1.59. The van der Waals surface area contributed by atoms with Crippen molar-refractivity contribution in [3.63, 3.8) is 0 Å². The molecule has 1 unspecified atom stereocenters. The molecule has 1 N–H and O–H groups in total. The number of esters is 1. The molecule has 0 aromatic heterocycles. The number of likely N-dealkylation sites (tertiary alicyclic amines) is 1. The van der Waals surface area contributed by atoms with Gasteiger partial charge in [-0.05, 0) is 39.0 Å². The van der Waals surface area contributed by atoms with Gasteiger partial charge in [-0.3, -0.25) is 14.4 Å². The van der Waals surface area contributed by atoms with Gasteiger partial charge in [-0.25, -0.2) is 0 Å². The van der Waals surface area contributed by atoms with Crippen LogP contribution in [0, 0.1) is 11.8 Å². The molecule has 34 heavy (non-hydrogen) atoms. The molecule has 5 atom stereocenters. The van der Waals surface area contributed by atoms with E-state index in [1.54, 1.807) is 16.7 Å². The van der Waals surface area contributed by atoms with Crippen molar-refractivity contribution in [2.45, 2.75) is 74.3 Å². The molecule has 8 heteroatoms. The van der Waals surface area contributed by atoms with Gasteiger partial charge in [0, 0.05) is 31.0 Å². The minimum atomic E-state index is -0.811. The van der Waals surface area contributed by atoms with Gasteiger partial charge in [0.25, 0.3) is 0 Å². The van der Waals surface area contributed by atoms with E-state index < -0.39 is 27.4 Å². The summed E-state index contributed by atoms with van der Waals surface area (Å²) in [4.78, 5) is 45.0. The van der Waals surface area contributed by atoms with Crippen LogP contribution >= 0.6 is 11.8 Å². The zero-order valence-electron chi connectivity index (χ0n) is 20.4. The second-order valence-electron chi connectivity index (χ2n) is 10.1. The molecule has 7 nitrogen and oxygen atoms in total. The van der Waals surface area contributed by atoms with Crippen LogP contribution in [0.4, 0.5) is 0 Å². The third-order valence-corrected chi connectivity index (χ3v) is 9.47. The smallest absolute Gasteiger partial charge is 0.311 e. The Balaban J connectivity index is 1.76. The Morgan fingerprint density at radius 2 is 1.85 bits per heavy atom. The first-order chi connectivity index (χ1) is 16.4. The molecule has 0 saturated carbocycles. The SMILES string of the molecule is CCCCCN1CC=C[C@]23S[C@@]4(C)/C=C\CCCOC(=O)[C@H]4[C@H]2C(=O)N(CCCCO)C3C1=O. The predicted molar refractivity (Wildman–Crippen MR) is 132 cm³/mol. The normalized spacial score (nSPS) is 36.2. The molecular weight excluding hydrogens is 452 g/mol. The van der Waals surface area contributed by atoms with E-state index in [0.717, 1.165) is 32.1 Å². The van der Waals surface area contributed by atoms with E-state index >= 15 is 0 Å². The van der Waals surface area contributed by atoms with E-state index in [2.05, 4.69) is 25.2 Å². The molecule has 1 spiro atoms. The molecule has 4 aliphatic heterocycles. The number of nitrogens with zero attached hydrogens (tertiary/aromatic N) is 2. The third-order valence-electron chi connectivity index (χ3n) is 7.67. The van der Waals surface area contributed by atoms with E-state index in [-0.39, 0.29) is 24.4 Å². The third kappa shape index (κ3) is 4.32. The Kier molecular flexibility index (Phi) is 7.77. The predicted octanol–water partition coefficient (Wildman–Crippen LogP) is 2.93. The first-order valence-corrected chi connectivity index (χ1v) is 13.6. The van der Waals surface area contributed by atoms with Crippen LogP contribution in [-0.4, -0.2) is 81.1 Å². The highest BCUT2D eigenvalue weighted by Crippen LogP contribution is 2.65. The first-order valence-electron chi connectivity index (χ1n) is 12.8. The molecule has 188 valence electrons. The number of aliphatic hydroxyl groups excluding tert-OH is 1. The average Bonchev–Trinajstić information content (AvgIpc) is 3.15. The summed E-state index contributed by atoms with van der Waals surface area (Å²) in [6.45, 7) is 6.14. The number of ether oxygens (including phenoxy) is 1. The maximum atomic E-state index is 14.0. The number of hydrogen-bond acceptors (Lipinski definition) is 6. The Labute approximate surface area is 206 Å². The number of allylic oxidation sites excluding steroid dienone is 1. The number of carbonyl (C=O) groups excluding carboxylic acids is 3. The van der Waals surface area contributed by atoms with Crippen molar-refractivity contribution >= 4 is 29.5 Å². The van der Waals surface area contributed by atoms with Gasteiger partial charge in [-0.15, -0.1) is 11.8 Å². The van der Waals surface area contributed by atoms with Crippen molar-refractivity contribution in [1.29, 1.82) is 0 Å². The lowest BCUT2D eigenvalue weighted by Crippen LogP contribution is -2.53. The van der Waals surface area contributed by atoms with Gasteiger partial charge in [-0.1, -0.05) is 44.1 Å². The van der Waals surface area contributed by atoms with Gasteiger partial charge in [-0.2, -0.15) is 0 Å². The van der Waals surface area contributed by atoms with E-state index in [0.29, 0.717) is 39.1 Å². The molecule has 0 aromatic rings. The van der Waals surface area contributed by atoms with Crippen LogP contribution in [-0.2, 0) is 19.1 Å². The molecule has 0 aliphatic carbocycles. The van der Waals surface area contributed by atoms with Crippen LogP contribution in [0.25, 0.3) is 0 Å². The fraction of sp³-hybridized carbons (Fsp3) is 0.731. The molecule has 2 fully saturated rings. The van der Waals surface area contributed by atoms with Crippen LogP contribution in [0.3, 0.4) is 0 Å². The maximum Gasteiger partial charge on any atom is 0.311 e. The highest BCUT2D eigenvalue weighted by molar-refractivity contribution is 8.02. The Morgan fingerprint density at radius 3 is 2.62 bits per heavy atom. The summed E-state index contributed by atoms with van der Waals surface area (Å²) in [7, 11) is 0. The van der Waals surface area contributed by atoms with Crippen molar-refractivity contribution in [1.82, 2.24) is 9.80 Å². The van der Waals surface area contributed by atoms with Crippen LogP contribution in [0.5, 0.6) is 0 Å². The fourth-order valence-electron chi connectivity index (χ4n) is 6.07. The molecule has 0 bridgehead atoms. The maximum absolute atomic E-state index is 14.0. The molecule has 4 heterocycles. The Morgan fingerprint density at radius 1 is 1.06 bits per heavy atom. The molecule has 0 aromatic carbocycles. The van der Waals surface area contributed by atoms with Crippen LogP contribution in [0.15, 0.2) is 24.3 Å². The van der Waals surface area contributed by atoms with Crippen LogP contribution in [0.1, 0.15) is 58.8 Å². The number of hydrogen-bond donors (Lipinski definition) is 1. The van der Waals surface area contributed by atoms with Gasteiger partial charge >= 0.3 is 5.97 Å². The van der Waals surface area contributed by atoms with Crippen molar-refractivity contribution in [2.24, 2.45) is 11.8 Å². The quantitative estimate of drug-likeness (QED) is 0.320. The largest absolute Gasteiger partial charge is 0.465 e. The Bertz CT molecular complexity index is 860. The molecule has 2 amide bonds. The molecule has 4 rings (SSSR count). The number of fused-ring (bicyclic) bond motifs is 2. The number of aliphatic hydroxyl groups is 1. The molecule has 0 radical (unpaired) electrons. The lowest BCUT2D eigenvalue weighted by molar-refractivity contribution is -0.154. The van der Waals surface area contributed by atoms with E-state index in [4.69, 9.17) is 4.74 Å². The minimum absolute atomic E-state index is 0.0270. The minimum Gasteiger partial charge on any atom is -0.465 e. The summed E-state index contributed by atoms with van der Waals surface area (Å²) in [5, 5.41) is 9.30. The number of amides is 2. The zero-order chi connectivity index (χ0) is 24.3. The van der Waals surface area contributed by atoms with Gasteiger partial charge < -0.3 is 19.6 Å².